The number of carbonyl (C=O) groups is 1. The van der Waals surface area contributed by atoms with E-state index in [2.05, 4.69) is 17.1 Å². The molecule has 0 aliphatic rings. The van der Waals surface area contributed by atoms with Crippen molar-refractivity contribution in [3.8, 4) is 5.75 Å². The quantitative estimate of drug-likeness (QED) is 0.394. The van der Waals surface area contributed by atoms with E-state index in [9.17, 15) is 9.90 Å². The number of amides is 1. The van der Waals surface area contributed by atoms with Crippen LogP contribution in [0.25, 0.3) is 0 Å². The van der Waals surface area contributed by atoms with E-state index in [1.54, 1.807) is 24.3 Å². The van der Waals surface area contributed by atoms with Crippen molar-refractivity contribution in [2.75, 3.05) is 6.61 Å². The van der Waals surface area contributed by atoms with Crippen molar-refractivity contribution in [3.63, 3.8) is 0 Å². The molecular formula is C14H18N2O3. The number of rotatable bonds is 7. The first-order valence-corrected chi connectivity index (χ1v) is 6.03. The summed E-state index contributed by atoms with van der Waals surface area (Å²) in [6, 6.07) is 5.30. The van der Waals surface area contributed by atoms with Crippen LogP contribution in [0.1, 0.15) is 24.0 Å². The van der Waals surface area contributed by atoms with E-state index >= 15 is 0 Å². The second-order valence-electron chi connectivity index (χ2n) is 3.97. The number of nitrogens with zero attached hydrogens (tertiary/aromatic N) is 1. The van der Waals surface area contributed by atoms with Gasteiger partial charge in [0.2, 0.25) is 5.91 Å². The number of aliphatic hydroxyl groups excluding tert-OH is 1. The van der Waals surface area contributed by atoms with Crippen LogP contribution >= 0.6 is 0 Å². The van der Waals surface area contributed by atoms with Crippen LogP contribution in [-0.4, -0.2) is 28.9 Å². The molecular weight excluding hydrogens is 244 g/mol. The first kappa shape index (κ1) is 14.9. The SMILES string of the molecule is C=CCc1cccc(/C=N/NC(=O)CCCO)c1O. The molecule has 1 amide bonds. The number of aromatic hydroxyl groups is 1. The van der Waals surface area contributed by atoms with Crippen LogP contribution in [-0.2, 0) is 11.2 Å². The molecule has 3 N–H and O–H groups in total. The molecule has 0 spiro atoms. The van der Waals surface area contributed by atoms with Gasteiger partial charge in [-0.2, -0.15) is 5.10 Å². The maximum absolute atomic E-state index is 11.2. The number of hydrogen-bond acceptors (Lipinski definition) is 4. The van der Waals surface area contributed by atoms with Crippen molar-refractivity contribution < 1.29 is 15.0 Å². The minimum atomic E-state index is -0.271. The lowest BCUT2D eigenvalue weighted by Crippen LogP contribution is -2.17. The van der Waals surface area contributed by atoms with Crippen molar-refractivity contribution in [1.29, 1.82) is 0 Å². The van der Waals surface area contributed by atoms with Gasteiger partial charge in [0.1, 0.15) is 5.75 Å². The van der Waals surface area contributed by atoms with E-state index in [0.29, 0.717) is 18.4 Å². The number of phenols is 1. The van der Waals surface area contributed by atoms with E-state index in [4.69, 9.17) is 5.11 Å². The average Bonchev–Trinajstić information content (AvgIpc) is 2.41. The lowest BCUT2D eigenvalue weighted by Gasteiger charge is -2.04. The second kappa shape index (κ2) is 8.05. The van der Waals surface area contributed by atoms with E-state index in [1.807, 2.05) is 0 Å². The van der Waals surface area contributed by atoms with E-state index in [0.717, 1.165) is 5.56 Å². The van der Waals surface area contributed by atoms with Crippen LogP contribution < -0.4 is 5.43 Å². The van der Waals surface area contributed by atoms with Gasteiger partial charge in [0.25, 0.3) is 0 Å². The molecule has 1 aromatic rings. The summed E-state index contributed by atoms with van der Waals surface area (Å²) in [6.45, 7) is 3.59. The molecule has 0 saturated heterocycles. The molecule has 19 heavy (non-hydrogen) atoms. The third-order valence-corrected chi connectivity index (χ3v) is 2.47. The Labute approximate surface area is 112 Å². The molecule has 0 aliphatic carbocycles. The average molecular weight is 262 g/mol. The normalized spacial score (nSPS) is 10.6. The van der Waals surface area contributed by atoms with Crippen LogP contribution in [0.5, 0.6) is 5.75 Å². The van der Waals surface area contributed by atoms with Crippen LogP contribution in [0.2, 0.25) is 0 Å². The fourth-order valence-electron chi connectivity index (χ4n) is 1.50. The van der Waals surface area contributed by atoms with Gasteiger partial charge in [-0.15, -0.1) is 6.58 Å². The summed E-state index contributed by atoms with van der Waals surface area (Å²) in [7, 11) is 0. The molecule has 0 atom stereocenters. The van der Waals surface area contributed by atoms with Gasteiger partial charge in [-0.25, -0.2) is 5.43 Å². The number of hydrogen-bond donors (Lipinski definition) is 3. The summed E-state index contributed by atoms with van der Waals surface area (Å²) >= 11 is 0. The fourth-order valence-corrected chi connectivity index (χ4v) is 1.50. The Morgan fingerprint density at radius 2 is 2.26 bits per heavy atom. The number of carbonyl (C=O) groups excluding carboxylic acids is 1. The molecule has 102 valence electrons. The van der Waals surface area contributed by atoms with Gasteiger partial charge >= 0.3 is 0 Å². The zero-order chi connectivity index (χ0) is 14.1. The molecule has 1 aromatic carbocycles. The van der Waals surface area contributed by atoms with Crippen molar-refractivity contribution in [3.05, 3.63) is 42.0 Å². The molecule has 0 aliphatic heterocycles. The summed E-state index contributed by atoms with van der Waals surface area (Å²) < 4.78 is 0. The van der Waals surface area contributed by atoms with E-state index in [-0.39, 0.29) is 24.7 Å². The number of allylic oxidation sites excluding steroid dienone is 1. The predicted octanol–water partition coefficient (Wildman–Crippen LogP) is 1.34. The molecule has 0 fully saturated rings. The monoisotopic (exact) mass is 262 g/mol. The van der Waals surface area contributed by atoms with Gasteiger partial charge < -0.3 is 10.2 Å². The van der Waals surface area contributed by atoms with Crippen LogP contribution in [0.4, 0.5) is 0 Å². The fraction of sp³-hybridized carbons (Fsp3) is 0.286. The molecule has 0 aromatic heterocycles. The lowest BCUT2D eigenvalue weighted by atomic mass is 10.1. The maximum Gasteiger partial charge on any atom is 0.240 e. The first-order valence-electron chi connectivity index (χ1n) is 6.03. The molecule has 0 saturated carbocycles. The number of phenolic OH excluding ortho intramolecular Hbond substituents is 1. The molecule has 0 unspecified atom stereocenters. The molecule has 0 bridgehead atoms. The smallest absolute Gasteiger partial charge is 0.240 e. The lowest BCUT2D eigenvalue weighted by molar-refractivity contribution is -0.121. The number of benzene rings is 1. The minimum absolute atomic E-state index is 0.0263. The van der Waals surface area contributed by atoms with Crippen molar-refractivity contribution >= 4 is 12.1 Å². The Kier molecular flexibility index (Phi) is 6.32. The highest BCUT2D eigenvalue weighted by Crippen LogP contribution is 2.21. The summed E-state index contributed by atoms with van der Waals surface area (Å²) in [6.07, 6.45) is 4.28. The topological polar surface area (TPSA) is 81.9 Å². The van der Waals surface area contributed by atoms with Gasteiger partial charge in [-0.3, -0.25) is 4.79 Å². The first-order chi connectivity index (χ1) is 9.19. The van der Waals surface area contributed by atoms with Gasteiger partial charge in [0.05, 0.1) is 6.21 Å². The van der Waals surface area contributed by atoms with Gasteiger partial charge in [0, 0.05) is 18.6 Å². The van der Waals surface area contributed by atoms with Gasteiger partial charge in [-0.1, -0.05) is 18.2 Å². The third kappa shape index (κ3) is 4.93. The Balaban J connectivity index is 2.64. The van der Waals surface area contributed by atoms with Crippen molar-refractivity contribution in [2.24, 2.45) is 5.10 Å². The Bertz CT molecular complexity index is 470. The summed E-state index contributed by atoms with van der Waals surface area (Å²) in [5.74, 6) is -0.136. The van der Waals surface area contributed by atoms with Crippen LogP contribution in [0, 0.1) is 0 Å². The van der Waals surface area contributed by atoms with Crippen LogP contribution in [0.15, 0.2) is 36.0 Å². The Morgan fingerprint density at radius 1 is 1.47 bits per heavy atom. The second-order valence-corrected chi connectivity index (χ2v) is 3.97. The standard InChI is InChI=1S/C14H18N2O3/c1-2-5-11-6-3-7-12(14(11)19)10-15-16-13(18)8-4-9-17/h2-3,6-7,10,17,19H,1,4-5,8-9H2,(H,16,18)/b15-10+. The van der Waals surface area contributed by atoms with Gasteiger partial charge in [0.15, 0.2) is 0 Å². The summed E-state index contributed by atoms with van der Waals surface area (Å²) in [5.41, 5.74) is 3.62. The molecule has 1 rings (SSSR count). The maximum atomic E-state index is 11.2. The van der Waals surface area contributed by atoms with Crippen molar-refractivity contribution in [2.45, 2.75) is 19.3 Å². The summed E-state index contributed by atoms with van der Waals surface area (Å²) in [4.78, 5) is 11.2. The largest absolute Gasteiger partial charge is 0.507 e. The molecule has 5 heteroatoms. The predicted molar refractivity (Wildman–Crippen MR) is 74.1 cm³/mol. The number of aliphatic hydroxyl groups is 1. The van der Waals surface area contributed by atoms with E-state index < -0.39 is 0 Å². The zero-order valence-corrected chi connectivity index (χ0v) is 10.7. The number of para-hydroxylation sites is 1. The van der Waals surface area contributed by atoms with Crippen molar-refractivity contribution in [1.82, 2.24) is 5.43 Å². The zero-order valence-electron chi connectivity index (χ0n) is 10.7. The molecule has 0 heterocycles. The molecule has 5 nitrogen and oxygen atoms in total. The Hall–Kier alpha value is -2.14. The number of hydrazone groups is 1. The minimum Gasteiger partial charge on any atom is -0.507 e. The summed E-state index contributed by atoms with van der Waals surface area (Å²) in [5, 5.41) is 22.3. The highest BCUT2D eigenvalue weighted by atomic mass is 16.3. The third-order valence-electron chi connectivity index (χ3n) is 2.47. The van der Waals surface area contributed by atoms with Gasteiger partial charge in [-0.05, 0) is 24.5 Å². The Morgan fingerprint density at radius 3 is 2.95 bits per heavy atom. The molecule has 0 radical (unpaired) electrons. The van der Waals surface area contributed by atoms with Crippen LogP contribution in [0.3, 0.4) is 0 Å². The highest BCUT2D eigenvalue weighted by molar-refractivity contribution is 5.85. The number of nitrogens with one attached hydrogen (secondary N) is 1. The highest BCUT2D eigenvalue weighted by Gasteiger charge is 2.04. The van der Waals surface area contributed by atoms with E-state index in [1.165, 1.54) is 6.21 Å².